The number of rotatable bonds is 11. The van der Waals surface area contributed by atoms with Crippen molar-refractivity contribution < 1.29 is 25.8 Å². The number of benzene rings is 5. The summed E-state index contributed by atoms with van der Waals surface area (Å²) in [5, 5.41) is 2.25. The Bertz CT molecular complexity index is 2540. The smallest absolute Gasteiger partial charge is 0.135 e. The summed E-state index contributed by atoms with van der Waals surface area (Å²) >= 11 is 0. The van der Waals surface area contributed by atoms with Gasteiger partial charge < -0.3 is 13.9 Å². The molecule has 0 bridgehead atoms. The second-order valence-electron chi connectivity index (χ2n) is 14.0. The van der Waals surface area contributed by atoms with Crippen LogP contribution in [0.1, 0.15) is 63.5 Å². The molecule has 3 heterocycles. The van der Waals surface area contributed by atoms with Crippen molar-refractivity contribution in [3.8, 4) is 45.3 Å². The monoisotopic (exact) mass is 869 g/mol. The molecule has 5 aromatic carbocycles. The number of para-hydroxylation sites is 1. The molecule has 1 aliphatic carbocycles. The number of fused-ring (bicyclic) bond motifs is 6. The molecule has 0 N–H and O–H groups in total. The van der Waals surface area contributed by atoms with Crippen LogP contribution in [0.25, 0.3) is 55.6 Å². The first-order valence-corrected chi connectivity index (χ1v) is 18.6. The Morgan fingerprint density at radius 3 is 2.28 bits per heavy atom. The zero-order chi connectivity index (χ0) is 35.1. The van der Waals surface area contributed by atoms with Gasteiger partial charge in [0.1, 0.15) is 5.82 Å². The molecule has 0 aliphatic heterocycles. The van der Waals surface area contributed by atoms with Gasteiger partial charge in [-0.2, -0.15) is 30.0 Å². The van der Waals surface area contributed by atoms with E-state index in [9.17, 15) is 0 Å². The number of aromatic nitrogens is 3. The van der Waals surface area contributed by atoms with Gasteiger partial charge in [0.2, 0.25) is 0 Å². The van der Waals surface area contributed by atoms with E-state index in [-0.39, 0.29) is 26.5 Å². The van der Waals surface area contributed by atoms with E-state index < -0.39 is 0 Å². The van der Waals surface area contributed by atoms with E-state index in [1.807, 2.05) is 53.2 Å². The fourth-order valence-electron chi connectivity index (χ4n) is 8.32. The van der Waals surface area contributed by atoms with Crippen LogP contribution in [0, 0.1) is 18.3 Å². The minimum Gasteiger partial charge on any atom is -0.510 e. The van der Waals surface area contributed by atoms with Crippen LogP contribution < -0.4 is 4.74 Å². The third-order valence-corrected chi connectivity index (χ3v) is 10.8. The van der Waals surface area contributed by atoms with Crippen LogP contribution in [-0.2, 0) is 26.5 Å². The van der Waals surface area contributed by atoms with Crippen molar-refractivity contribution in [1.82, 2.24) is 14.1 Å². The van der Waals surface area contributed by atoms with Gasteiger partial charge in [0.25, 0.3) is 0 Å². The average molecular weight is 870 g/mol. The van der Waals surface area contributed by atoms with Crippen LogP contribution in [0.4, 0.5) is 0 Å². The summed E-state index contributed by atoms with van der Waals surface area (Å²) in [6.07, 6.45) is 14.6. The van der Waals surface area contributed by atoms with E-state index in [1.54, 1.807) is 0 Å². The summed E-state index contributed by atoms with van der Waals surface area (Å²) in [6, 6.07) is 49.7. The minimum absolute atomic E-state index is 0. The van der Waals surface area contributed by atoms with Crippen molar-refractivity contribution in [2.24, 2.45) is 0 Å². The maximum absolute atomic E-state index is 6.42. The Morgan fingerprint density at radius 1 is 0.679 bits per heavy atom. The molecule has 8 aromatic rings. The molecule has 266 valence electrons. The molecule has 3 aromatic heterocycles. The normalized spacial score (nSPS) is 12.8. The molecule has 0 saturated heterocycles. The summed E-state index contributed by atoms with van der Waals surface area (Å²) in [4.78, 5) is 4.65. The molecular formula is C48H40N3OPt-3. The van der Waals surface area contributed by atoms with Crippen LogP contribution in [0.2, 0.25) is 0 Å². The second kappa shape index (κ2) is 14.7. The molecule has 1 aliphatic rings. The molecule has 0 saturated carbocycles. The summed E-state index contributed by atoms with van der Waals surface area (Å²) < 4.78 is 10.6. The number of unbranched alkanes of at least 4 members (excludes halogenated alkanes) is 2. The van der Waals surface area contributed by atoms with Gasteiger partial charge in [-0.15, -0.1) is 41.4 Å². The first kappa shape index (κ1) is 34.9. The van der Waals surface area contributed by atoms with Gasteiger partial charge in [-0.1, -0.05) is 124 Å². The number of hydrogen-bond acceptors (Lipinski definition) is 2. The maximum Gasteiger partial charge on any atom is 0.135 e. The number of pyridine rings is 1. The zero-order valence-corrected chi connectivity index (χ0v) is 32.3. The van der Waals surface area contributed by atoms with E-state index in [4.69, 9.17) is 4.74 Å². The molecule has 0 atom stereocenters. The number of nitrogens with zero attached hydrogens (tertiary/aromatic N) is 3. The molecule has 5 heteroatoms. The molecule has 9 rings (SSSR count). The van der Waals surface area contributed by atoms with Gasteiger partial charge in [-0.25, -0.2) is 4.98 Å². The van der Waals surface area contributed by atoms with Crippen molar-refractivity contribution in [2.45, 2.75) is 57.8 Å². The van der Waals surface area contributed by atoms with Crippen molar-refractivity contribution in [3.63, 3.8) is 0 Å². The average Bonchev–Trinajstić information content (AvgIpc) is 3.89. The summed E-state index contributed by atoms with van der Waals surface area (Å²) in [5.74, 6) is 2.08. The largest absolute Gasteiger partial charge is 0.510 e. The summed E-state index contributed by atoms with van der Waals surface area (Å²) in [7, 11) is 0. The maximum atomic E-state index is 6.42. The van der Waals surface area contributed by atoms with E-state index in [2.05, 4.69) is 127 Å². The Morgan fingerprint density at radius 2 is 1.45 bits per heavy atom. The topological polar surface area (TPSA) is 32.0 Å². The van der Waals surface area contributed by atoms with Crippen LogP contribution in [0.3, 0.4) is 0 Å². The van der Waals surface area contributed by atoms with Gasteiger partial charge in [0.05, 0.1) is 0 Å². The Kier molecular flexibility index (Phi) is 9.66. The van der Waals surface area contributed by atoms with Gasteiger partial charge in [0.15, 0.2) is 0 Å². The minimum atomic E-state index is 0. The Labute approximate surface area is 326 Å². The van der Waals surface area contributed by atoms with Gasteiger partial charge in [-0.3, -0.25) is 0 Å². The first-order chi connectivity index (χ1) is 25.7. The molecule has 0 fully saturated rings. The Balaban J connectivity index is 0.00000400. The molecule has 0 unspecified atom stereocenters. The molecule has 0 amide bonds. The fourth-order valence-corrected chi connectivity index (χ4v) is 8.32. The summed E-state index contributed by atoms with van der Waals surface area (Å²) in [5.41, 5.74) is 11.1. The Hall–Kier alpha value is -5.18. The molecular weight excluding hydrogens is 830 g/mol. The first-order valence-electron chi connectivity index (χ1n) is 18.6. The van der Waals surface area contributed by atoms with Crippen LogP contribution in [0.15, 0.2) is 134 Å². The molecule has 53 heavy (non-hydrogen) atoms. The van der Waals surface area contributed by atoms with E-state index >= 15 is 0 Å². The van der Waals surface area contributed by atoms with Gasteiger partial charge in [-0.05, 0) is 58.7 Å². The predicted octanol–water partition coefficient (Wildman–Crippen LogP) is 12.5. The van der Waals surface area contributed by atoms with Crippen molar-refractivity contribution in [3.05, 3.63) is 163 Å². The third-order valence-electron chi connectivity index (χ3n) is 10.8. The molecule has 4 nitrogen and oxygen atoms in total. The number of ether oxygens (including phenoxy) is 1. The number of hydrogen-bond donors (Lipinski definition) is 0. The quantitative estimate of drug-likeness (QED) is 0.121. The molecule has 0 spiro atoms. The van der Waals surface area contributed by atoms with Gasteiger partial charge in [0, 0.05) is 49.7 Å². The standard InChI is InChI=1S/C48H40N3O.Pt/c1-3-5-26-48(27-6-4-2)43-18-9-7-16-39(43)40-23-21-34(30-44(40)48)35-25-29-50(33-35)36-14-13-15-37(31-36)52-38-22-24-42-41-17-8-10-19-45(41)51(46(42)32-38)47-20-11-12-28-49-47;/h7-25,28,30,33H,3-6,26-27H2,1-2H3;/q-3;. The van der Waals surface area contributed by atoms with Crippen LogP contribution in [0.5, 0.6) is 11.5 Å². The SMILES string of the molecule is CCCCC1(CCCC)c2ccccc2-c2ccc(-c3c[c-]n(-c4[c-]c(Oc5[c-]c6c(cc5)c5ccccc5n6-c5ccccn5)ccc4)c3)cc21.[Pt]. The molecule has 0 radical (unpaired) electrons. The van der Waals surface area contributed by atoms with E-state index in [1.165, 1.54) is 66.3 Å². The second-order valence-corrected chi connectivity index (χ2v) is 14.0. The van der Waals surface area contributed by atoms with Gasteiger partial charge >= 0.3 is 0 Å². The van der Waals surface area contributed by atoms with Crippen molar-refractivity contribution in [1.29, 1.82) is 0 Å². The third kappa shape index (κ3) is 6.13. The van der Waals surface area contributed by atoms with E-state index in [0.717, 1.165) is 38.9 Å². The zero-order valence-electron chi connectivity index (χ0n) is 30.0. The van der Waals surface area contributed by atoms with Crippen molar-refractivity contribution in [2.75, 3.05) is 0 Å². The fraction of sp³-hybridized carbons (Fsp3) is 0.188. The van der Waals surface area contributed by atoms with Crippen LogP contribution in [-0.4, -0.2) is 14.1 Å². The predicted molar refractivity (Wildman–Crippen MR) is 212 cm³/mol. The summed E-state index contributed by atoms with van der Waals surface area (Å²) in [6.45, 7) is 4.61. The van der Waals surface area contributed by atoms with E-state index in [0.29, 0.717) is 11.5 Å². The van der Waals surface area contributed by atoms with Crippen molar-refractivity contribution >= 4 is 21.8 Å². The van der Waals surface area contributed by atoms with Crippen LogP contribution >= 0.6 is 0 Å².